The standard InChI is InChI=1S/C24H28ClN5O6/c1-36-24(33)13-19(17-6-7-18(25)20(12-17)30(34)35)28-23(32)14-27-22(31)8-5-16-9-11-29(15-16)21-4-2-3-10-26-21/h2-4,6-7,10,12,16,19H,5,8-9,11,13-15H2,1H3,(H,27,31)(H,28,32). The number of carbonyl (C=O) groups excluding carboxylic acids is 3. The van der Waals surface area contributed by atoms with Crippen molar-refractivity contribution in [1.29, 1.82) is 0 Å². The lowest BCUT2D eigenvalue weighted by Gasteiger charge is -2.19. The largest absolute Gasteiger partial charge is 0.469 e. The SMILES string of the molecule is COC(=O)CC(NC(=O)CNC(=O)CCC1CCN(c2ccccn2)C1)c1ccc(Cl)c([N+](=O)[O-])c1. The van der Waals surface area contributed by atoms with Crippen molar-refractivity contribution in [1.82, 2.24) is 15.6 Å². The number of nitrogens with zero attached hydrogens (tertiary/aromatic N) is 3. The van der Waals surface area contributed by atoms with Crippen LogP contribution < -0.4 is 15.5 Å². The summed E-state index contributed by atoms with van der Waals surface area (Å²) in [5.74, 6) is -0.131. The molecule has 1 aliphatic heterocycles. The lowest BCUT2D eigenvalue weighted by Crippen LogP contribution is -2.39. The number of amides is 2. The molecular formula is C24H28ClN5O6. The molecule has 36 heavy (non-hydrogen) atoms. The van der Waals surface area contributed by atoms with Gasteiger partial charge in [-0.05, 0) is 42.5 Å². The number of rotatable bonds is 11. The van der Waals surface area contributed by atoms with E-state index in [0.717, 1.165) is 25.3 Å². The molecule has 1 aliphatic rings. The first-order chi connectivity index (χ1) is 17.3. The maximum absolute atomic E-state index is 12.5. The number of hydrogen-bond donors (Lipinski definition) is 2. The van der Waals surface area contributed by atoms with Crippen LogP contribution in [0.5, 0.6) is 0 Å². The van der Waals surface area contributed by atoms with Gasteiger partial charge in [0, 0.05) is 31.8 Å². The predicted octanol–water partition coefficient (Wildman–Crippen LogP) is 2.79. The molecule has 1 fully saturated rings. The van der Waals surface area contributed by atoms with Gasteiger partial charge in [0.1, 0.15) is 10.8 Å². The van der Waals surface area contributed by atoms with E-state index in [1.165, 1.54) is 25.3 Å². The Morgan fingerprint density at radius 2 is 2.08 bits per heavy atom. The molecule has 1 aromatic heterocycles. The summed E-state index contributed by atoms with van der Waals surface area (Å²) in [5.41, 5.74) is -0.0324. The van der Waals surface area contributed by atoms with Crippen LogP contribution in [-0.2, 0) is 19.1 Å². The first kappa shape index (κ1) is 26.9. The van der Waals surface area contributed by atoms with Crippen molar-refractivity contribution in [2.24, 2.45) is 5.92 Å². The summed E-state index contributed by atoms with van der Waals surface area (Å²) < 4.78 is 4.67. The molecule has 2 atom stereocenters. The van der Waals surface area contributed by atoms with Gasteiger partial charge in [-0.15, -0.1) is 0 Å². The third kappa shape index (κ3) is 7.64. The summed E-state index contributed by atoms with van der Waals surface area (Å²) in [6.07, 6.45) is 3.44. The van der Waals surface area contributed by atoms with Crippen molar-refractivity contribution in [2.45, 2.75) is 31.7 Å². The molecule has 0 bridgehead atoms. The quantitative estimate of drug-likeness (QED) is 0.263. The molecule has 3 rings (SSSR count). The Labute approximate surface area is 213 Å². The first-order valence-electron chi connectivity index (χ1n) is 11.5. The zero-order valence-electron chi connectivity index (χ0n) is 19.8. The highest BCUT2D eigenvalue weighted by Gasteiger charge is 2.25. The molecule has 2 heterocycles. The van der Waals surface area contributed by atoms with E-state index in [1.54, 1.807) is 6.20 Å². The summed E-state index contributed by atoms with van der Waals surface area (Å²) in [4.78, 5) is 53.8. The fourth-order valence-electron chi connectivity index (χ4n) is 4.05. The number of ether oxygens (including phenoxy) is 1. The predicted molar refractivity (Wildman–Crippen MR) is 132 cm³/mol. The highest BCUT2D eigenvalue weighted by Crippen LogP contribution is 2.29. The molecule has 0 radical (unpaired) electrons. The molecule has 12 heteroatoms. The van der Waals surface area contributed by atoms with Crippen LogP contribution in [0.25, 0.3) is 0 Å². The Morgan fingerprint density at radius 1 is 1.28 bits per heavy atom. The second-order valence-corrected chi connectivity index (χ2v) is 8.88. The highest BCUT2D eigenvalue weighted by atomic mass is 35.5. The number of anilines is 1. The van der Waals surface area contributed by atoms with Crippen LogP contribution in [0.15, 0.2) is 42.6 Å². The van der Waals surface area contributed by atoms with Crippen molar-refractivity contribution >= 4 is 40.9 Å². The van der Waals surface area contributed by atoms with Crippen molar-refractivity contribution in [3.8, 4) is 0 Å². The third-order valence-corrected chi connectivity index (χ3v) is 6.31. The number of carbonyl (C=O) groups is 3. The molecule has 0 saturated carbocycles. The van der Waals surface area contributed by atoms with Gasteiger partial charge in [0.25, 0.3) is 5.69 Å². The number of benzene rings is 1. The second-order valence-electron chi connectivity index (χ2n) is 8.47. The molecule has 1 aromatic carbocycles. The molecule has 0 aliphatic carbocycles. The summed E-state index contributed by atoms with van der Waals surface area (Å²) >= 11 is 5.86. The van der Waals surface area contributed by atoms with E-state index < -0.39 is 22.8 Å². The Morgan fingerprint density at radius 3 is 2.78 bits per heavy atom. The van der Waals surface area contributed by atoms with E-state index in [2.05, 4.69) is 25.3 Å². The summed E-state index contributed by atoms with van der Waals surface area (Å²) in [5, 5.41) is 16.4. The van der Waals surface area contributed by atoms with Crippen molar-refractivity contribution < 1.29 is 24.0 Å². The number of esters is 1. The van der Waals surface area contributed by atoms with E-state index in [0.29, 0.717) is 17.9 Å². The summed E-state index contributed by atoms with van der Waals surface area (Å²) in [6.45, 7) is 1.42. The molecule has 2 N–H and O–H groups in total. The maximum atomic E-state index is 12.5. The van der Waals surface area contributed by atoms with Gasteiger partial charge in [0.2, 0.25) is 11.8 Å². The smallest absolute Gasteiger partial charge is 0.307 e. The van der Waals surface area contributed by atoms with Gasteiger partial charge in [0.15, 0.2) is 0 Å². The summed E-state index contributed by atoms with van der Waals surface area (Å²) in [6, 6.07) is 8.89. The van der Waals surface area contributed by atoms with Crippen LogP contribution >= 0.6 is 11.6 Å². The van der Waals surface area contributed by atoms with Crippen LogP contribution in [0.1, 0.15) is 37.3 Å². The topological polar surface area (TPSA) is 144 Å². The maximum Gasteiger partial charge on any atom is 0.307 e. The Balaban J connectivity index is 1.49. The number of aromatic nitrogens is 1. The van der Waals surface area contributed by atoms with Gasteiger partial charge in [-0.3, -0.25) is 24.5 Å². The zero-order valence-corrected chi connectivity index (χ0v) is 20.6. The van der Waals surface area contributed by atoms with Crippen LogP contribution in [0.4, 0.5) is 11.5 Å². The number of halogens is 1. The van der Waals surface area contributed by atoms with Crippen LogP contribution in [0.2, 0.25) is 5.02 Å². The Bertz CT molecular complexity index is 1100. The van der Waals surface area contributed by atoms with E-state index >= 15 is 0 Å². The average Bonchev–Trinajstić information content (AvgIpc) is 3.35. The Kier molecular flexibility index (Phi) is 9.57. The molecule has 2 unspecified atom stereocenters. The van der Waals surface area contributed by atoms with E-state index in [9.17, 15) is 24.5 Å². The second kappa shape index (κ2) is 12.8. The lowest BCUT2D eigenvalue weighted by atomic mass is 10.0. The molecule has 1 saturated heterocycles. The van der Waals surface area contributed by atoms with Gasteiger partial charge in [-0.1, -0.05) is 23.7 Å². The van der Waals surface area contributed by atoms with E-state index in [4.69, 9.17) is 11.6 Å². The molecule has 0 spiro atoms. The number of nitro groups is 1. The van der Waals surface area contributed by atoms with Crippen molar-refractivity contribution in [3.63, 3.8) is 0 Å². The number of pyridine rings is 1. The lowest BCUT2D eigenvalue weighted by molar-refractivity contribution is -0.384. The van der Waals surface area contributed by atoms with Gasteiger partial charge < -0.3 is 20.3 Å². The number of hydrogen-bond acceptors (Lipinski definition) is 8. The van der Waals surface area contributed by atoms with Crippen LogP contribution in [-0.4, -0.2) is 54.4 Å². The van der Waals surface area contributed by atoms with Crippen molar-refractivity contribution in [3.05, 3.63) is 63.3 Å². The van der Waals surface area contributed by atoms with E-state index in [-0.39, 0.29) is 36.0 Å². The highest BCUT2D eigenvalue weighted by molar-refractivity contribution is 6.32. The van der Waals surface area contributed by atoms with Crippen LogP contribution in [0, 0.1) is 16.0 Å². The molecule has 11 nitrogen and oxygen atoms in total. The van der Waals surface area contributed by atoms with Crippen LogP contribution in [0.3, 0.4) is 0 Å². The van der Waals surface area contributed by atoms with Gasteiger partial charge in [0.05, 0.1) is 31.0 Å². The fourth-order valence-corrected chi connectivity index (χ4v) is 4.24. The molecular weight excluding hydrogens is 490 g/mol. The minimum absolute atomic E-state index is 0.0652. The Hall–Kier alpha value is -3.73. The molecule has 192 valence electrons. The number of methoxy groups -OCH3 is 1. The minimum Gasteiger partial charge on any atom is -0.469 e. The number of nitro benzene ring substituents is 1. The number of nitrogens with one attached hydrogen (secondary N) is 2. The van der Waals surface area contributed by atoms with Gasteiger partial charge in [-0.2, -0.15) is 0 Å². The van der Waals surface area contributed by atoms with Gasteiger partial charge in [-0.25, -0.2) is 4.98 Å². The van der Waals surface area contributed by atoms with Crippen molar-refractivity contribution in [2.75, 3.05) is 31.6 Å². The first-order valence-corrected chi connectivity index (χ1v) is 11.9. The van der Waals surface area contributed by atoms with Gasteiger partial charge >= 0.3 is 5.97 Å². The molecule has 2 aromatic rings. The third-order valence-electron chi connectivity index (χ3n) is 5.99. The minimum atomic E-state index is -0.895. The monoisotopic (exact) mass is 517 g/mol. The zero-order chi connectivity index (χ0) is 26.1. The molecule has 2 amide bonds. The normalized spacial score (nSPS) is 15.7. The average molecular weight is 518 g/mol. The summed E-state index contributed by atoms with van der Waals surface area (Å²) in [7, 11) is 1.20. The van der Waals surface area contributed by atoms with E-state index in [1.807, 2.05) is 18.2 Å². The fraction of sp³-hybridized carbons (Fsp3) is 0.417.